The van der Waals surface area contributed by atoms with Crippen molar-refractivity contribution in [3.8, 4) is 17.0 Å². The zero-order valence-electron chi connectivity index (χ0n) is 17.5. The first-order chi connectivity index (χ1) is 14.6. The molecule has 154 valence electrons. The topological polar surface area (TPSA) is 60.3 Å². The average Bonchev–Trinajstić information content (AvgIpc) is 3.44. The van der Waals surface area contributed by atoms with Crippen LogP contribution in [0.2, 0.25) is 0 Å². The summed E-state index contributed by atoms with van der Waals surface area (Å²) in [4.78, 5) is 19.4. The number of hydrogen-bond acceptors (Lipinski definition) is 4. The van der Waals surface area contributed by atoms with Crippen molar-refractivity contribution in [3.05, 3.63) is 65.1 Å². The molecule has 6 nitrogen and oxygen atoms in total. The molecule has 6 heteroatoms. The van der Waals surface area contributed by atoms with Crippen molar-refractivity contribution in [3.63, 3.8) is 0 Å². The van der Waals surface area contributed by atoms with E-state index in [9.17, 15) is 4.79 Å². The maximum atomic E-state index is 13.1. The molecule has 2 aliphatic rings. The molecular formula is C24H26N4O2. The lowest BCUT2D eigenvalue weighted by Gasteiger charge is -2.17. The number of carbonyl (C=O) groups excluding carboxylic acids is 1. The Hall–Kier alpha value is -3.15. The summed E-state index contributed by atoms with van der Waals surface area (Å²) in [5.41, 5.74) is 6.04. The zero-order chi connectivity index (χ0) is 20.7. The monoisotopic (exact) mass is 402 g/mol. The highest BCUT2D eigenvalue weighted by molar-refractivity contribution is 6.00. The minimum atomic E-state index is 0.0123. The summed E-state index contributed by atoms with van der Waals surface area (Å²) in [6.45, 7) is 3.19. The predicted molar refractivity (Wildman–Crippen MR) is 114 cm³/mol. The Bertz CT molecular complexity index is 1080. The van der Waals surface area contributed by atoms with E-state index in [0.717, 1.165) is 40.8 Å². The number of amides is 1. The molecule has 0 saturated heterocycles. The van der Waals surface area contributed by atoms with E-state index in [1.54, 1.807) is 6.20 Å². The van der Waals surface area contributed by atoms with E-state index in [1.807, 2.05) is 35.8 Å². The highest BCUT2D eigenvalue weighted by Crippen LogP contribution is 2.33. The Morgan fingerprint density at radius 1 is 1.13 bits per heavy atom. The van der Waals surface area contributed by atoms with Crippen LogP contribution in [-0.2, 0) is 20.1 Å². The Morgan fingerprint density at radius 2 is 1.90 bits per heavy atom. The molecule has 1 fully saturated rings. The number of carbonyl (C=O) groups is 1. The molecule has 3 heterocycles. The van der Waals surface area contributed by atoms with Gasteiger partial charge in [-0.1, -0.05) is 24.3 Å². The second-order valence-corrected chi connectivity index (χ2v) is 8.33. The molecule has 0 atom stereocenters. The van der Waals surface area contributed by atoms with Crippen molar-refractivity contribution >= 4 is 5.91 Å². The third-order valence-electron chi connectivity index (χ3n) is 6.10. The molecule has 0 N–H and O–H groups in total. The van der Waals surface area contributed by atoms with E-state index in [1.165, 1.54) is 12.8 Å². The van der Waals surface area contributed by atoms with Gasteiger partial charge in [-0.15, -0.1) is 0 Å². The van der Waals surface area contributed by atoms with Gasteiger partial charge >= 0.3 is 0 Å². The Kier molecular flexibility index (Phi) is 4.77. The number of nitrogens with zero attached hydrogens (tertiary/aromatic N) is 4. The number of benzene rings is 1. The molecule has 1 aliphatic carbocycles. The van der Waals surface area contributed by atoms with E-state index in [-0.39, 0.29) is 12.0 Å². The summed E-state index contributed by atoms with van der Waals surface area (Å²) < 4.78 is 7.93. The van der Waals surface area contributed by atoms with Crippen molar-refractivity contribution in [2.45, 2.75) is 51.8 Å². The van der Waals surface area contributed by atoms with Gasteiger partial charge < -0.3 is 9.64 Å². The summed E-state index contributed by atoms with van der Waals surface area (Å²) in [6.07, 6.45) is 8.45. The van der Waals surface area contributed by atoms with Gasteiger partial charge in [-0.2, -0.15) is 5.10 Å². The fourth-order valence-corrected chi connectivity index (χ4v) is 4.55. The molecular weight excluding hydrogens is 376 g/mol. The number of hydrogen-bond donors (Lipinski definition) is 0. The summed E-state index contributed by atoms with van der Waals surface area (Å²) >= 11 is 0. The highest BCUT2D eigenvalue weighted by atomic mass is 16.5. The Labute approximate surface area is 176 Å². The summed E-state index contributed by atoms with van der Waals surface area (Å²) in [7, 11) is 1.93. The lowest BCUT2D eigenvalue weighted by Crippen LogP contribution is -2.24. The van der Waals surface area contributed by atoms with Crippen LogP contribution in [-0.4, -0.2) is 31.7 Å². The Morgan fingerprint density at radius 3 is 2.60 bits per heavy atom. The quantitative estimate of drug-likeness (QED) is 0.640. The van der Waals surface area contributed by atoms with Crippen LogP contribution in [0.4, 0.5) is 0 Å². The largest absolute Gasteiger partial charge is 0.474 e. The lowest BCUT2D eigenvalue weighted by atomic mass is 10.0. The molecule has 3 aromatic rings. The second-order valence-electron chi connectivity index (χ2n) is 8.33. The molecule has 1 aromatic carbocycles. The molecule has 0 radical (unpaired) electrons. The maximum Gasteiger partial charge on any atom is 0.260 e. The zero-order valence-corrected chi connectivity index (χ0v) is 17.5. The molecule has 1 amide bonds. The number of fused-ring (bicyclic) bond motifs is 1. The van der Waals surface area contributed by atoms with E-state index < -0.39 is 0 Å². The van der Waals surface area contributed by atoms with Gasteiger partial charge in [0, 0.05) is 38.1 Å². The van der Waals surface area contributed by atoms with Crippen molar-refractivity contribution < 1.29 is 9.53 Å². The van der Waals surface area contributed by atoms with Crippen molar-refractivity contribution in [1.82, 2.24) is 19.7 Å². The van der Waals surface area contributed by atoms with E-state index in [4.69, 9.17) is 4.74 Å². The van der Waals surface area contributed by atoms with Crippen LogP contribution in [0.25, 0.3) is 11.1 Å². The van der Waals surface area contributed by atoms with Crippen molar-refractivity contribution in [2.75, 3.05) is 0 Å². The van der Waals surface area contributed by atoms with Crippen LogP contribution in [0.15, 0.2) is 42.7 Å². The van der Waals surface area contributed by atoms with Crippen LogP contribution < -0.4 is 4.74 Å². The Balaban J connectivity index is 1.32. The van der Waals surface area contributed by atoms with Gasteiger partial charge in [0.1, 0.15) is 11.7 Å². The maximum absolute atomic E-state index is 13.1. The molecule has 0 unspecified atom stereocenters. The van der Waals surface area contributed by atoms with Gasteiger partial charge in [0.15, 0.2) is 0 Å². The highest BCUT2D eigenvalue weighted by Gasteiger charge is 2.32. The molecule has 0 bridgehead atoms. The molecule has 5 rings (SSSR count). The van der Waals surface area contributed by atoms with E-state index in [0.29, 0.717) is 24.5 Å². The molecule has 2 aromatic heterocycles. The predicted octanol–water partition coefficient (Wildman–Crippen LogP) is 4.27. The third kappa shape index (κ3) is 3.47. The number of aromatic nitrogens is 3. The summed E-state index contributed by atoms with van der Waals surface area (Å²) in [6, 6.07) is 10.3. The molecule has 1 saturated carbocycles. The number of pyridine rings is 1. The SMILES string of the molecule is Cc1nn(C)cc1-c1ccc(CN2Cc3ccnc(OC4CCCC4)c3C2=O)cc1. The van der Waals surface area contributed by atoms with Gasteiger partial charge in [0.05, 0.1) is 5.69 Å². The number of rotatable bonds is 5. The van der Waals surface area contributed by atoms with Crippen LogP contribution in [0.3, 0.4) is 0 Å². The van der Waals surface area contributed by atoms with Crippen molar-refractivity contribution in [1.29, 1.82) is 0 Å². The minimum absolute atomic E-state index is 0.0123. The van der Waals surface area contributed by atoms with Gasteiger partial charge in [0.2, 0.25) is 5.88 Å². The second kappa shape index (κ2) is 7.59. The smallest absolute Gasteiger partial charge is 0.260 e. The van der Waals surface area contributed by atoms with Gasteiger partial charge in [-0.25, -0.2) is 4.98 Å². The first-order valence-electron chi connectivity index (χ1n) is 10.6. The molecule has 0 spiro atoms. The van der Waals surface area contributed by atoms with Crippen LogP contribution >= 0.6 is 0 Å². The fourth-order valence-electron chi connectivity index (χ4n) is 4.55. The van der Waals surface area contributed by atoms with Crippen LogP contribution in [0, 0.1) is 6.92 Å². The molecule has 1 aliphatic heterocycles. The van der Waals surface area contributed by atoms with Crippen LogP contribution in [0.5, 0.6) is 5.88 Å². The first-order valence-corrected chi connectivity index (χ1v) is 10.6. The van der Waals surface area contributed by atoms with Gasteiger partial charge in [0.25, 0.3) is 5.91 Å². The minimum Gasteiger partial charge on any atom is -0.474 e. The van der Waals surface area contributed by atoms with Crippen LogP contribution in [0.1, 0.15) is 52.9 Å². The lowest BCUT2D eigenvalue weighted by molar-refractivity contribution is 0.0760. The fraction of sp³-hybridized carbons (Fsp3) is 0.375. The third-order valence-corrected chi connectivity index (χ3v) is 6.10. The first kappa shape index (κ1) is 18.9. The van der Waals surface area contributed by atoms with Gasteiger partial charge in [-0.3, -0.25) is 9.48 Å². The molecule has 30 heavy (non-hydrogen) atoms. The number of aryl methyl sites for hydroxylation is 2. The van der Waals surface area contributed by atoms with Crippen molar-refractivity contribution in [2.24, 2.45) is 7.05 Å². The van der Waals surface area contributed by atoms with E-state index >= 15 is 0 Å². The number of ether oxygens (including phenoxy) is 1. The standard InChI is InChI=1S/C24H26N4O2/c1-16-21(15-27(2)26-16)18-9-7-17(8-10-18)13-28-14-19-11-12-25-23(22(19)24(28)29)30-20-5-3-4-6-20/h7-12,15,20H,3-6,13-14H2,1-2H3. The summed E-state index contributed by atoms with van der Waals surface area (Å²) in [5.74, 6) is 0.521. The summed E-state index contributed by atoms with van der Waals surface area (Å²) in [5, 5.41) is 4.42. The normalized spacial score (nSPS) is 16.3. The average molecular weight is 402 g/mol. The van der Waals surface area contributed by atoms with E-state index in [2.05, 4.69) is 34.3 Å². The van der Waals surface area contributed by atoms with Gasteiger partial charge in [-0.05, 0) is 55.4 Å².